The standard InChI is InChI=1S/C11H12F3NO4S/c1-7-8(10(16)17)3-2-4-9(7)20(18,19)15-6-5-11(12,13)14/h2-4,15H,5-6H2,1H3,(H,16,17). The molecule has 9 heteroatoms. The minimum Gasteiger partial charge on any atom is -0.478 e. The highest BCUT2D eigenvalue weighted by Crippen LogP contribution is 2.21. The summed E-state index contributed by atoms with van der Waals surface area (Å²) in [5, 5.41) is 8.87. The van der Waals surface area contributed by atoms with E-state index < -0.39 is 35.1 Å². The zero-order chi connectivity index (χ0) is 15.6. The van der Waals surface area contributed by atoms with Crippen LogP contribution in [0, 0.1) is 6.92 Å². The molecule has 0 unspecified atom stereocenters. The van der Waals surface area contributed by atoms with Gasteiger partial charge in [-0.1, -0.05) is 6.07 Å². The molecule has 0 amide bonds. The molecule has 1 aromatic rings. The summed E-state index contributed by atoms with van der Waals surface area (Å²) < 4.78 is 61.4. The van der Waals surface area contributed by atoms with Gasteiger partial charge in [-0.2, -0.15) is 13.2 Å². The van der Waals surface area contributed by atoms with Gasteiger partial charge in [-0.25, -0.2) is 17.9 Å². The maximum absolute atomic E-state index is 12.0. The summed E-state index contributed by atoms with van der Waals surface area (Å²) in [5.41, 5.74) is -0.247. The Labute approximate surface area is 113 Å². The van der Waals surface area contributed by atoms with Crippen molar-refractivity contribution in [2.24, 2.45) is 0 Å². The lowest BCUT2D eigenvalue weighted by Crippen LogP contribution is -2.28. The molecule has 1 rings (SSSR count). The Balaban J connectivity index is 2.99. The van der Waals surface area contributed by atoms with Gasteiger partial charge < -0.3 is 5.11 Å². The van der Waals surface area contributed by atoms with Gasteiger partial charge >= 0.3 is 12.1 Å². The van der Waals surface area contributed by atoms with Gasteiger partial charge in [0.25, 0.3) is 0 Å². The summed E-state index contributed by atoms with van der Waals surface area (Å²) in [6.45, 7) is 0.477. The summed E-state index contributed by atoms with van der Waals surface area (Å²) in [4.78, 5) is 10.5. The molecule has 0 radical (unpaired) electrons. The summed E-state index contributed by atoms with van der Waals surface area (Å²) in [5.74, 6) is -1.31. The summed E-state index contributed by atoms with van der Waals surface area (Å²) in [6, 6.07) is 3.57. The molecule has 2 N–H and O–H groups in total. The van der Waals surface area contributed by atoms with Gasteiger partial charge in [0.2, 0.25) is 10.0 Å². The third kappa shape index (κ3) is 4.20. The van der Waals surface area contributed by atoms with Crippen LogP contribution in [0.2, 0.25) is 0 Å². The van der Waals surface area contributed by atoms with Crippen LogP contribution < -0.4 is 4.72 Å². The lowest BCUT2D eigenvalue weighted by atomic mass is 10.1. The molecule has 112 valence electrons. The monoisotopic (exact) mass is 311 g/mol. The highest BCUT2D eigenvalue weighted by molar-refractivity contribution is 7.89. The van der Waals surface area contributed by atoms with E-state index in [9.17, 15) is 26.4 Å². The smallest absolute Gasteiger partial charge is 0.390 e. The number of halogens is 3. The predicted molar refractivity (Wildman–Crippen MR) is 64.0 cm³/mol. The number of alkyl halides is 3. The van der Waals surface area contributed by atoms with Crippen molar-refractivity contribution in [3.63, 3.8) is 0 Å². The highest BCUT2D eigenvalue weighted by atomic mass is 32.2. The van der Waals surface area contributed by atoms with Crippen LogP contribution in [-0.4, -0.2) is 32.2 Å². The molecule has 0 heterocycles. The molecule has 0 fully saturated rings. The Morgan fingerprint density at radius 1 is 1.35 bits per heavy atom. The van der Waals surface area contributed by atoms with E-state index >= 15 is 0 Å². The highest BCUT2D eigenvalue weighted by Gasteiger charge is 2.28. The lowest BCUT2D eigenvalue weighted by molar-refractivity contribution is -0.132. The average molecular weight is 311 g/mol. The Hall–Kier alpha value is -1.61. The molecule has 5 nitrogen and oxygen atoms in total. The van der Waals surface area contributed by atoms with E-state index in [0.717, 1.165) is 6.07 Å². The van der Waals surface area contributed by atoms with Crippen LogP contribution >= 0.6 is 0 Å². The normalized spacial score (nSPS) is 12.4. The van der Waals surface area contributed by atoms with E-state index in [2.05, 4.69) is 0 Å². The van der Waals surface area contributed by atoms with Crippen molar-refractivity contribution in [1.29, 1.82) is 0 Å². The number of carbonyl (C=O) groups is 1. The van der Waals surface area contributed by atoms with Crippen molar-refractivity contribution in [1.82, 2.24) is 4.72 Å². The van der Waals surface area contributed by atoms with Gasteiger partial charge in [-0.3, -0.25) is 0 Å². The van der Waals surface area contributed by atoms with Gasteiger partial charge in [0, 0.05) is 6.54 Å². The molecular weight excluding hydrogens is 299 g/mol. The van der Waals surface area contributed by atoms with Crippen molar-refractivity contribution >= 4 is 16.0 Å². The molecule has 0 aliphatic heterocycles. The quantitative estimate of drug-likeness (QED) is 0.870. The molecule has 20 heavy (non-hydrogen) atoms. The molecule has 0 spiro atoms. The molecule has 0 atom stereocenters. The van der Waals surface area contributed by atoms with Gasteiger partial charge in [0.05, 0.1) is 16.9 Å². The number of carboxylic acids is 1. The molecule has 0 saturated heterocycles. The summed E-state index contributed by atoms with van der Waals surface area (Å²) in [6.07, 6.45) is -5.77. The van der Waals surface area contributed by atoms with Crippen LogP contribution in [-0.2, 0) is 10.0 Å². The first-order valence-corrected chi connectivity index (χ1v) is 6.92. The second-order valence-corrected chi connectivity index (χ2v) is 5.73. The van der Waals surface area contributed by atoms with Gasteiger partial charge in [-0.05, 0) is 24.6 Å². The van der Waals surface area contributed by atoms with Crippen LogP contribution in [0.25, 0.3) is 0 Å². The number of rotatable bonds is 5. The molecular formula is C11H12F3NO4S. The second kappa shape index (κ2) is 5.80. The second-order valence-electron chi connectivity index (χ2n) is 4.00. The van der Waals surface area contributed by atoms with Gasteiger partial charge in [0.1, 0.15) is 0 Å². The van der Waals surface area contributed by atoms with Crippen LogP contribution in [0.5, 0.6) is 0 Å². The fourth-order valence-corrected chi connectivity index (χ4v) is 2.84. The van der Waals surface area contributed by atoms with E-state index in [0.29, 0.717) is 0 Å². The Morgan fingerprint density at radius 3 is 2.45 bits per heavy atom. The number of hydrogen-bond acceptors (Lipinski definition) is 3. The van der Waals surface area contributed by atoms with Crippen LogP contribution in [0.15, 0.2) is 23.1 Å². The van der Waals surface area contributed by atoms with Crippen LogP contribution in [0.4, 0.5) is 13.2 Å². The molecule has 0 aliphatic rings. The zero-order valence-corrected chi connectivity index (χ0v) is 11.2. The molecule has 0 aromatic heterocycles. The van der Waals surface area contributed by atoms with Crippen LogP contribution in [0.1, 0.15) is 22.3 Å². The summed E-state index contributed by atoms with van der Waals surface area (Å²) >= 11 is 0. The fourth-order valence-electron chi connectivity index (χ4n) is 1.54. The minimum absolute atomic E-state index is 0.0282. The maximum atomic E-state index is 12.0. The molecule has 1 aromatic carbocycles. The van der Waals surface area contributed by atoms with Crippen molar-refractivity contribution in [2.75, 3.05) is 6.54 Å². The van der Waals surface area contributed by atoms with Crippen molar-refractivity contribution in [2.45, 2.75) is 24.4 Å². The van der Waals surface area contributed by atoms with Crippen molar-refractivity contribution in [3.05, 3.63) is 29.3 Å². The largest absolute Gasteiger partial charge is 0.478 e. The van der Waals surface area contributed by atoms with Gasteiger partial charge in [-0.15, -0.1) is 0 Å². The minimum atomic E-state index is -4.47. The number of benzene rings is 1. The number of carboxylic acid groups (broad SMARTS) is 1. The Bertz CT molecular complexity index is 611. The van der Waals surface area contributed by atoms with Crippen molar-refractivity contribution in [3.8, 4) is 0 Å². The van der Waals surface area contributed by atoms with Crippen molar-refractivity contribution < 1.29 is 31.5 Å². The maximum Gasteiger partial charge on any atom is 0.390 e. The van der Waals surface area contributed by atoms with E-state index in [1.165, 1.54) is 19.1 Å². The van der Waals surface area contributed by atoms with E-state index in [4.69, 9.17) is 5.11 Å². The average Bonchev–Trinajstić information content (AvgIpc) is 2.26. The van der Waals surface area contributed by atoms with Gasteiger partial charge in [0.15, 0.2) is 0 Å². The third-order valence-corrected chi connectivity index (χ3v) is 4.11. The third-order valence-electron chi connectivity index (χ3n) is 2.50. The number of sulfonamides is 1. The van der Waals surface area contributed by atoms with Crippen LogP contribution in [0.3, 0.4) is 0 Å². The first-order chi connectivity index (χ1) is 9.04. The first kappa shape index (κ1) is 16.4. The topological polar surface area (TPSA) is 83.5 Å². The molecule has 0 saturated carbocycles. The molecule has 0 bridgehead atoms. The van der Waals surface area contributed by atoms with E-state index in [1.54, 1.807) is 4.72 Å². The zero-order valence-electron chi connectivity index (χ0n) is 10.4. The molecule has 0 aliphatic carbocycles. The first-order valence-electron chi connectivity index (χ1n) is 5.44. The number of hydrogen-bond donors (Lipinski definition) is 2. The van der Waals surface area contributed by atoms with E-state index in [1.807, 2.05) is 0 Å². The number of aromatic carboxylic acids is 1. The SMILES string of the molecule is Cc1c(C(=O)O)cccc1S(=O)(=O)NCCC(F)(F)F. The Morgan fingerprint density at radius 2 is 1.95 bits per heavy atom. The van der Waals surface area contributed by atoms with E-state index in [-0.39, 0.29) is 16.0 Å². The number of nitrogens with one attached hydrogen (secondary N) is 1. The summed E-state index contributed by atoms with van der Waals surface area (Å²) in [7, 11) is -4.18. The lowest BCUT2D eigenvalue weighted by Gasteiger charge is -2.11. The fraction of sp³-hybridized carbons (Fsp3) is 0.364. The predicted octanol–water partition coefficient (Wildman–Crippen LogP) is 1.92. The Kier molecular flexibility index (Phi) is 4.77.